The van der Waals surface area contributed by atoms with E-state index in [0.29, 0.717) is 36.3 Å². The summed E-state index contributed by atoms with van der Waals surface area (Å²) in [4.78, 5) is 57.1. The van der Waals surface area contributed by atoms with Gasteiger partial charge >= 0.3 is 6.03 Å². The molecule has 10 rings (SSSR count). The van der Waals surface area contributed by atoms with Crippen LogP contribution < -0.4 is 30.7 Å². The van der Waals surface area contributed by atoms with Crippen LogP contribution in [0.2, 0.25) is 5.02 Å². The van der Waals surface area contributed by atoms with Gasteiger partial charge in [0.05, 0.1) is 23.2 Å². The largest absolute Gasteiger partial charge is 0.494 e. The Balaban J connectivity index is 0.743. The number of benzene rings is 4. The molecule has 0 bridgehead atoms. The van der Waals surface area contributed by atoms with Crippen molar-refractivity contribution < 1.29 is 37.4 Å². The first-order chi connectivity index (χ1) is 33.3. The standard InChI is InChI=1S/C52H57ClF2N8O6/c1-29-42-40(24-38(54)45(53)44(42)43-36(48(56)65)16-17-39(68-3)46(43)55)69-52(29,33-8-5-4-6-9-33)28-57-34-14-12-32(13-15-34)50(66)62-26-30(27-62)25-61-21-18-31(19-22-61)35-10-7-11-37-47(35)60(2)59-49(37)63-23-20-41(64)58-51(63)67/h4-11,16-17,24,29-32,34,57H,12-15,18-23,25-28H2,1-3H3,(H2,56,65)(H,58,64,67). The number of hydrogen-bond donors (Lipinski definition) is 3. The third kappa shape index (κ3) is 8.37. The Bertz CT molecular complexity index is 2840. The molecule has 0 radical (unpaired) electrons. The average Bonchev–Trinajstić information content (AvgIpc) is 3.82. The number of urea groups is 1. The number of para-hydroxylation sites is 1. The first-order valence-electron chi connectivity index (χ1n) is 24.0. The number of rotatable bonds is 12. The van der Waals surface area contributed by atoms with E-state index in [9.17, 15) is 19.2 Å². The second-order valence-electron chi connectivity index (χ2n) is 19.5. The molecule has 4 fully saturated rings. The molecule has 3 saturated heterocycles. The van der Waals surface area contributed by atoms with Crippen LogP contribution in [-0.2, 0) is 22.2 Å². The van der Waals surface area contributed by atoms with Gasteiger partial charge in [-0.1, -0.05) is 61.0 Å². The number of halogens is 3. The summed E-state index contributed by atoms with van der Waals surface area (Å²) in [7, 11) is 3.21. The summed E-state index contributed by atoms with van der Waals surface area (Å²) in [6.07, 6.45) is 5.35. The summed E-state index contributed by atoms with van der Waals surface area (Å²) in [6, 6.07) is 19.3. The van der Waals surface area contributed by atoms with Crippen LogP contribution in [0.15, 0.2) is 66.7 Å². The van der Waals surface area contributed by atoms with E-state index in [1.807, 2.05) is 66.0 Å². The third-order valence-electron chi connectivity index (χ3n) is 15.5. The van der Waals surface area contributed by atoms with E-state index in [0.717, 1.165) is 87.7 Å². The lowest BCUT2D eigenvalue weighted by molar-refractivity contribution is -0.143. The molecule has 14 nitrogen and oxygen atoms in total. The van der Waals surface area contributed by atoms with Gasteiger partial charge in [-0.15, -0.1) is 0 Å². The van der Waals surface area contributed by atoms with Gasteiger partial charge in [-0.2, -0.15) is 5.10 Å². The van der Waals surface area contributed by atoms with E-state index in [4.69, 9.17) is 31.9 Å². The molecule has 2 unspecified atom stereocenters. The van der Waals surface area contributed by atoms with Gasteiger partial charge in [-0.05, 0) is 86.9 Å². The summed E-state index contributed by atoms with van der Waals surface area (Å²) in [5.41, 5.74) is 7.80. The number of nitrogens with two attached hydrogens (primary N) is 1. The molecule has 5 heterocycles. The van der Waals surface area contributed by atoms with Gasteiger partial charge in [-0.25, -0.2) is 13.6 Å². The number of likely N-dealkylation sites (tertiary alicyclic amines) is 2. The summed E-state index contributed by atoms with van der Waals surface area (Å²) < 4.78 is 45.9. The Hall–Kier alpha value is -6.10. The molecule has 362 valence electrons. The number of piperidine rings is 1. The zero-order chi connectivity index (χ0) is 48.3. The highest BCUT2D eigenvalue weighted by atomic mass is 35.5. The fourth-order valence-electron chi connectivity index (χ4n) is 11.8. The molecule has 0 spiro atoms. The maximum Gasteiger partial charge on any atom is 0.329 e. The molecule has 5 aliphatic rings. The van der Waals surface area contributed by atoms with Crippen LogP contribution in [0.1, 0.15) is 90.8 Å². The number of primary amides is 1. The number of amides is 5. The Labute approximate surface area is 404 Å². The van der Waals surface area contributed by atoms with Crippen molar-refractivity contribution in [3.05, 3.63) is 106 Å². The number of aryl methyl sites for hydroxylation is 1. The number of anilines is 1. The highest BCUT2D eigenvalue weighted by Crippen LogP contribution is 2.56. The van der Waals surface area contributed by atoms with E-state index in [2.05, 4.69) is 21.6 Å². The number of carbonyl (C=O) groups is 4. The molecule has 69 heavy (non-hydrogen) atoms. The molecule has 1 aliphatic carbocycles. The van der Waals surface area contributed by atoms with E-state index in [1.165, 1.54) is 30.9 Å². The van der Waals surface area contributed by atoms with Crippen LogP contribution in [-0.4, -0.2) is 102 Å². The van der Waals surface area contributed by atoms with Crippen LogP contribution in [0.3, 0.4) is 0 Å². The van der Waals surface area contributed by atoms with Gasteiger partial charge in [0, 0.05) is 98.1 Å². The molecular formula is C52H57ClF2N8O6. The van der Waals surface area contributed by atoms with Gasteiger partial charge in [-0.3, -0.25) is 29.3 Å². The number of ether oxygens (including phenoxy) is 2. The first-order valence-corrected chi connectivity index (χ1v) is 24.4. The Kier molecular flexibility index (Phi) is 12.6. The van der Waals surface area contributed by atoms with Crippen molar-refractivity contribution in [2.24, 2.45) is 24.6 Å². The minimum absolute atomic E-state index is 0.00260. The maximum atomic E-state index is 16.2. The van der Waals surface area contributed by atoms with Gasteiger partial charge in [0.1, 0.15) is 11.6 Å². The number of carbonyl (C=O) groups excluding carboxylic acids is 4. The number of nitrogens with zero attached hydrogens (tertiary/aromatic N) is 5. The lowest BCUT2D eigenvalue weighted by Gasteiger charge is -2.45. The molecule has 4 N–H and O–H groups in total. The number of nitrogens with one attached hydrogen (secondary N) is 2. The van der Waals surface area contributed by atoms with E-state index in [1.54, 1.807) is 4.90 Å². The second kappa shape index (κ2) is 18.7. The minimum Gasteiger partial charge on any atom is -0.494 e. The topological polar surface area (TPSA) is 164 Å². The monoisotopic (exact) mass is 962 g/mol. The lowest BCUT2D eigenvalue weighted by atomic mass is 9.77. The molecular weight excluding hydrogens is 906 g/mol. The van der Waals surface area contributed by atoms with E-state index >= 15 is 8.78 Å². The number of imide groups is 1. The minimum atomic E-state index is -1.07. The van der Waals surface area contributed by atoms with E-state index in [-0.39, 0.29) is 63.4 Å². The molecule has 4 aromatic carbocycles. The predicted octanol–water partition coefficient (Wildman–Crippen LogP) is 7.60. The quantitative estimate of drug-likeness (QED) is 0.114. The van der Waals surface area contributed by atoms with Gasteiger partial charge in [0.2, 0.25) is 17.7 Å². The average molecular weight is 964 g/mol. The second-order valence-corrected chi connectivity index (χ2v) is 19.8. The molecule has 4 aliphatic heterocycles. The summed E-state index contributed by atoms with van der Waals surface area (Å²) in [5.74, 6) is -1.79. The third-order valence-corrected chi connectivity index (χ3v) is 15.8. The van der Waals surface area contributed by atoms with Crippen molar-refractivity contribution in [3.63, 3.8) is 0 Å². The molecule has 17 heteroatoms. The number of fused-ring (bicyclic) bond motifs is 2. The summed E-state index contributed by atoms with van der Waals surface area (Å²) in [5, 5.41) is 11.4. The van der Waals surface area contributed by atoms with Crippen molar-refractivity contribution in [1.29, 1.82) is 0 Å². The molecule has 5 amide bonds. The smallest absolute Gasteiger partial charge is 0.329 e. The number of aromatic nitrogens is 2. The maximum absolute atomic E-state index is 16.2. The van der Waals surface area contributed by atoms with Crippen LogP contribution in [0.4, 0.5) is 19.4 Å². The number of hydrogen-bond acceptors (Lipinski definition) is 9. The SMILES string of the molecule is COc1ccc(C(N)=O)c(-c2c(Cl)c(F)cc3c2C(C)C(CNC2CCC(C(=O)N4CC(CN5CCC(c6cccc7c(N8CCC(=O)NC8=O)nn(C)c67)CC5)C4)CC2)(c2ccccc2)O3)c1F. The Morgan fingerprint density at radius 3 is 2.41 bits per heavy atom. The normalized spacial score (nSPS) is 23.4. The van der Waals surface area contributed by atoms with Gasteiger partial charge in [0.25, 0.3) is 0 Å². The molecule has 2 atom stereocenters. The fourth-order valence-corrected chi connectivity index (χ4v) is 12.0. The van der Waals surface area contributed by atoms with Crippen LogP contribution in [0.25, 0.3) is 22.0 Å². The van der Waals surface area contributed by atoms with Crippen LogP contribution in [0.5, 0.6) is 11.5 Å². The van der Waals surface area contributed by atoms with Crippen molar-refractivity contribution in [3.8, 4) is 22.6 Å². The first kappa shape index (κ1) is 46.6. The lowest BCUT2D eigenvalue weighted by Crippen LogP contribution is -2.56. The van der Waals surface area contributed by atoms with Crippen molar-refractivity contribution >= 4 is 52.1 Å². The van der Waals surface area contributed by atoms with E-state index < -0.39 is 35.1 Å². The zero-order valence-electron chi connectivity index (χ0n) is 39.0. The number of methoxy groups -OCH3 is 1. The van der Waals surface area contributed by atoms with Gasteiger partial charge in [0.15, 0.2) is 23.0 Å². The van der Waals surface area contributed by atoms with Crippen molar-refractivity contribution in [2.75, 3.05) is 57.8 Å². The highest BCUT2D eigenvalue weighted by molar-refractivity contribution is 6.34. The Morgan fingerprint density at radius 2 is 1.71 bits per heavy atom. The summed E-state index contributed by atoms with van der Waals surface area (Å²) >= 11 is 6.70. The Morgan fingerprint density at radius 1 is 0.971 bits per heavy atom. The van der Waals surface area contributed by atoms with Crippen LogP contribution in [0, 0.1) is 23.5 Å². The highest BCUT2D eigenvalue weighted by Gasteiger charge is 2.50. The van der Waals surface area contributed by atoms with Crippen molar-refractivity contribution in [2.45, 2.75) is 75.3 Å². The molecule has 1 saturated carbocycles. The van der Waals surface area contributed by atoms with Gasteiger partial charge < -0.3 is 30.3 Å². The predicted molar refractivity (Wildman–Crippen MR) is 257 cm³/mol. The molecule has 5 aromatic rings. The summed E-state index contributed by atoms with van der Waals surface area (Å²) in [6.45, 7) is 7.00. The zero-order valence-corrected chi connectivity index (χ0v) is 39.8. The fraction of sp³-hybridized carbons (Fsp3) is 0.442. The molecule has 1 aromatic heterocycles. The van der Waals surface area contributed by atoms with Crippen molar-refractivity contribution in [1.82, 2.24) is 30.2 Å². The van der Waals surface area contributed by atoms with Crippen LogP contribution >= 0.6 is 11.6 Å².